The molecule has 0 atom stereocenters. The van der Waals surface area contributed by atoms with Crippen LogP contribution in [0.2, 0.25) is 0 Å². The monoisotopic (exact) mass is 333 g/mol. The molecule has 2 aromatic heterocycles. The third-order valence-corrected chi connectivity index (χ3v) is 4.37. The molecule has 0 spiro atoms. The Kier molecular flexibility index (Phi) is 4.98. The number of hydrogen-bond acceptors (Lipinski definition) is 3. The van der Waals surface area contributed by atoms with Crippen molar-refractivity contribution < 1.29 is 4.74 Å². The Morgan fingerprint density at radius 2 is 1.96 bits per heavy atom. The molecule has 0 saturated heterocycles. The van der Waals surface area contributed by atoms with E-state index in [0.29, 0.717) is 5.88 Å². The van der Waals surface area contributed by atoms with Crippen LogP contribution in [-0.2, 0) is 6.42 Å². The van der Waals surface area contributed by atoms with E-state index in [4.69, 9.17) is 4.74 Å². The van der Waals surface area contributed by atoms with Crippen LogP contribution in [-0.4, -0.2) is 22.9 Å². The van der Waals surface area contributed by atoms with Crippen LogP contribution in [0.1, 0.15) is 29.4 Å². The number of para-hydroxylation sites is 1. The lowest BCUT2D eigenvalue weighted by Crippen LogP contribution is -2.03. The van der Waals surface area contributed by atoms with Crippen molar-refractivity contribution in [3.8, 4) is 11.6 Å². The van der Waals surface area contributed by atoms with Gasteiger partial charge in [0.2, 0.25) is 5.88 Å². The molecule has 2 heterocycles. The second kappa shape index (κ2) is 7.34. The zero-order valence-electron chi connectivity index (χ0n) is 15.2. The number of methoxy groups -OCH3 is 1. The van der Waals surface area contributed by atoms with Gasteiger partial charge in [-0.1, -0.05) is 25.1 Å². The molecule has 0 aliphatic heterocycles. The summed E-state index contributed by atoms with van der Waals surface area (Å²) in [7, 11) is 1.61. The van der Waals surface area contributed by atoms with Crippen molar-refractivity contribution in [2.45, 2.75) is 27.2 Å². The highest BCUT2D eigenvalue weighted by Gasteiger charge is 2.11. The van der Waals surface area contributed by atoms with Crippen LogP contribution in [0.5, 0.6) is 5.88 Å². The number of pyridine rings is 1. The summed E-state index contributed by atoms with van der Waals surface area (Å²) < 4.78 is 7.37. The molecule has 0 saturated carbocycles. The summed E-state index contributed by atoms with van der Waals surface area (Å²) in [6.07, 6.45) is 4.62. The number of aromatic nitrogens is 2. The molecule has 0 aliphatic carbocycles. The van der Waals surface area contributed by atoms with Crippen LogP contribution in [0.25, 0.3) is 5.69 Å². The van der Waals surface area contributed by atoms with Crippen molar-refractivity contribution in [2.24, 2.45) is 4.99 Å². The van der Waals surface area contributed by atoms with Crippen molar-refractivity contribution in [1.82, 2.24) is 9.55 Å². The predicted octanol–water partition coefficient (Wildman–Crippen LogP) is 4.81. The summed E-state index contributed by atoms with van der Waals surface area (Å²) in [6, 6.07) is 14.4. The minimum absolute atomic E-state index is 0.591. The van der Waals surface area contributed by atoms with E-state index in [-0.39, 0.29) is 0 Å². The average molecular weight is 333 g/mol. The van der Waals surface area contributed by atoms with Crippen LogP contribution in [0.3, 0.4) is 0 Å². The molecular formula is C21H23N3O. The number of rotatable bonds is 5. The quantitative estimate of drug-likeness (QED) is 0.629. The molecular weight excluding hydrogens is 310 g/mol. The smallest absolute Gasteiger partial charge is 0.213 e. The maximum atomic E-state index is 5.07. The van der Waals surface area contributed by atoms with Crippen molar-refractivity contribution in [2.75, 3.05) is 7.11 Å². The lowest BCUT2D eigenvalue weighted by atomic mass is 10.1. The minimum Gasteiger partial charge on any atom is -0.481 e. The van der Waals surface area contributed by atoms with Gasteiger partial charge >= 0.3 is 0 Å². The van der Waals surface area contributed by atoms with E-state index in [2.05, 4.69) is 65.6 Å². The molecule has 128 valence electrons. The van der Waals surface area contributed by atoms with Gasteiger partial charge in [-0.25, -0.2) is 4.98 Å². The first-order valence-electron chi connectivity index (χ1n) is 8.45. The normalized spacial score (nSPS) is 11.2. The Labute approximate surface area is 148 Å². The Morgan fingerprint density at radius 3 is 2.64 bits per heavy atom. The fourth-order valence-corrected chi connectivity index (χ4v) is 3.03. The van der Waals surface area contributed by atoms with Crippen LogP contribution in [0.15, 0.2) is 53.7 Å². The van der Waals surface area contributed by atoms with Gasteiger partial charge < -0.3 is 9.30 Å². The van der Waals surface area contributed by atoms with E-state index in [9.17, 15) is 0 Å². The van der Waals surface area contributed by atoms with Crippen LogP contribution < -0.4 is 4.74 Å². The maximum absolute atomic E-state index is 5.07. The molecule has 0 N–H and O–H groups in total. The van der Waals surface area contributed by atoms with Crippen molar-refractivity contribution >= 4 is 11.9 Å². The Morgan fingerprint density at radius 1 is 1.16 bits per heavy atom. The molecule has 25 heavy (non-hydrogen) atoms. The van der Waals surface area contributed by atoms with Gasteiger partial charge in [0.05, 0.1) is 19.0 Å². The SMILES string of the molecule is CCc1ccccc1-n1c(C)cc(C=Nc2ccc(OC)nc2)c1C. The van der Waals surface area contributed by atoms with E-state index in [1.807, 2.05) is 18.3 Å². The number of nitrogens with zero attached hydrogens (tertiary/aromatic N) is 3. The van der Waals surface area contributed by atoms with Crippen LogP contribution in [0.4, 0.5) is 5.69 Å². The lowest BCUT2D eigenvalue weighted by molar-refractivity contribution is 0.398. The molecule has 3 aromatic rings. The fourth-order valence-electron chi connectivity index (χ4n) is 3.03. The molecule has 1 aromatic carbocycles. The third-order valence-electron chi connectivity index (χ3n) is 4.37. The molecule has 0 radical (unpaired) electrons. The first-order valence-corrected chi connectivity index (χ1v) is 8.45. The number of benzene rings is 1. The zero-order valence-corrected chi connectivity index (χ0v) is 15.2. The van der Waals surface area contributed by atoms with Crippen LogP contribution >= 0.6 is 0 Å². The second-order valence-electron chi connectivity index (χ2n) is 5.96. The Bertz CT molecular complexity index is 892. The zero-order chi connectivity index (χ0) is 17.8. The minimum atomic E-state index is 0.591. The molecule has 4 nitrogen and oxygen atoms in total. The molecule has 0 amide bonds. The summed E-state index contributed by atoms with van der Waals surface area (Å²) in [5, 5.41) is 0. The molecule has 0 bridgehead atoms. The van der Waals surface area contributed by atoms with Gasteiger partial charge in [-0.3, -0.25) is 4.99 Å². The van der Waals surface area contributed by atoms with Gasteiger partial charge in [0, 0.05) is 34.9 Å². The number of ether oxygens (including phenoxy) is 1. The summed E-state index contributed by atoms with van der Waals surface area (Å²) >= 11 is 0. The van der Waals surface area contributed by atoms with E-state index in [0.717, 1.165) is 17.7 Å². The van der Waals surface area contributed by atoms with E-state index in [1.54, 1.807) is 13.3 Å². The number of hydrogen-bond donors (Lipinski definition) is 0. The van der Waals surface area contributed by atoms with Gasteiger partial charge in [-0.2, -0.15) is 0 Å². The highest BCUT2D eigenvalue weighted by atomic mass is 16.5. The summed E-state index contributed by atoms with van der Waals surface area (Å²) in [4.78, 5) is 8.73. The number of aryl methyl sites for hydroxylation is 2. The first kappa shape index (κ1) is 17.0. The summed E-state index contributed by atoms with van der Waals surface area (Å²) in [6.45, 7) is 6.45. The average Bonchev–Trinajstić information content (AvgIpc) is 2.93. The van der Waals surface area contributed by atoms with Gasteiger partial charge in [0.1, 0.15) is 0 Å². The first-order chi connectivity index (χ1) is 12.1. The topological polar surface area (TPSA) is 39.4 Å². The molecule has 0 fully saturated rings. The predicted molar refractivity (Wildman–Crippen MR) is 103 cm³/mol. The Balaban J connectivity index is 1.95. The van der Waals surface area contributed by atoms with Gasteiger partial charge in [-0.15, -0.1) is 0 Å². The maximum Gasteiger partial charge on any atom is 0.213 e. The molecule has 0 unspecified atom stereocenters. The Hall–Kier alpha value is -2.88. The fraction of sp³-hybridized carbons (Fsp3) is 0.238. The van der Waals surface area contributed by atoms with Crippen molar-refractivity contribution in [3.63, 3.8) is 0 Å². The second-order valence-corrected chi connectivity index (χ2v) is 5.96. The summed E-state index contributed by atoms with van der Waals surface area (Å²) in [5.41, 5.74) is 6.88. The van der Waals surface area contributed by atoms with Crippen LogP contribution in [0, 0.1) is 13.8 Å². The standard InChI is InChI=1S/C21H23N3O/c1-5-17-8-6-7-9-20(17)24-15(2)12-18(16(24)3)13-22-19-10-11-21(25-4)23-14-19/h6-14H,5H2,1-4H3. The van der Waals surface area contributed by atoms with E-state index < -0.39 is 0 Å². The van der Waals surface area contributed by atoms with Gasteiger partial charge in [0.25, 0.3) is 0 Å². The molecule has 0 aliphatic rings. The lowest BCUT2D eigenvalue weighted by Gasteiger charge is -2.13. The van der Waals surface area contributed by atoms with Gasteiger partial charge in [0.15, 0.2) is 0 Å². The van der Waals surface area contributed by atoms with Crippen molar-refractivity contribution in [1.29, 1.82) is 0 Å². The third kappa shape index (κ3) is 3.48. The van der Waals surface area contributed by atoms with E-state index in [1.165, 1.54) is 22.6 Å². The van der Waals surface area contributed by atoms with E-state index >= 15 is 0 Å². The molecule has 3 rings (SSSR count). The van der Waals surface area contributed by atoms with Gasteiger partial charge in [-0.05, 0) is 44.0 Å². The molecule has 4 heteroatoms. The summed E-state index contributed by atoms with van der Waals surface area (Å²) in [5.74, 6) is 0.591. The largest absolute Gasteiger partial charge is 0.481 e. The highest BCUT2D eigenvalue weighted by Crippen LogP contribution is 2.23. The highest BCUT2D eigenvalue weighted by molar-refractivity contribution is 5.84. The number of aliphatic imine (C=N–C) groups is 1. The van der Waals surface area contributed by atoms with Crippen molar-refractivity contribution in [3.05, 3.63) is 71.2 Å².